The van der Waals surface area contributed by atoms with Crippen molar-refractivity contribution in [1.29, 1.82) is 0 Å². The van der Waals surface area contributed by atoms with Crippen molar-refractivity contribution in [3.05, 3.63) is 89.5 Å². The van der Waals surface area contributed by atoms with Crippen molar-refractivity contribution in [3.63, 3.8) is 0 Å². The van der Waals surface area contributed by atoms with Gasteiger partial charge in [0.25, 0.3) is 0 Å². The summed E-state index contributed by atoms with van der Waals surface area (Å²) in [6.07, 6.45) is 0.534. The molecule has 0 aliphatic rings. The molecule has 1 N–H and O–H groups in total. The Balaban J connectivity index is 1.77. The summed E-state index contributed by atoms with van der Waals surface area (Å²) in [5.41, 5.74) is 1.81. The van der Waals surface area contributed by atoms with Crippen molar-refractivity contribution in [2.75, 3.05) is 26.1 Å². The number of methoxy groups -OCH3 is 2. The van der Waals surface area contributed by atoms with Gasteiger partial charge in [0, 0.05) is 13.1 Å². The quantitative estimate of drug-likeness (QED) is 0.535. The molecule has 5 nitrogen and oxygen atoms in total. The van der Waals surface area contributed by atoms with Crippen molar-refractivity contribution in [3.8, 4) is 11.5 Å². The fourth-order valence-corrected chi connectivity index (χ4v) is 3.12. The Labute approximate surface area is 180 Å². The Kier molecular flexibility index (Phi) is 7.43. The first kappa shape index (κ1) is 22.1. The Morgan fingerprint density at radius 1 is 0.903 bits per heavy atom. The van der Waals surface area contributed by atoms with Gasteiger partial charge in [0.2, 0.25) is 0 Å². The third kappa shape index (κ3) is 5.94. The highest BCUT2D eigenvalue weighted by molar-refractivity contribution is 5.89. The monoisotopic (exact) mass is 426 g/mol. The number of rotatable bonds is 8. The summed E-state index contributed by atoms with van der Waals surface area (Å²) in [7, 11) is 3.12. The first-order valence-corrected chi connectivity index (χ1v) is 9.76. The van der Waals surface area contributed by atoms with E-state index in [1.165, 1.54) is 24.3 Å². The van der Waals surface area contributed by atoms with E-state index in [-0.39, 0.29) is 18.0 Å². The summed E-state index contributed by atoms with van der Waals surface area (Å²) < 4.78 is 37.8. The number of carbonyl (C=O) groups excluding carboxylic acids is 1. The highest BCUT2D eigenvalue weighted by Crippen LogP contribution is 2.28. The summed E-state index contributed by atoms with van der Waals surface area (Å²) in [4.78, 5) is 14.5. The molecule has 0 aliphatic carbocycles. The van der Waals surface area contributed by atoms with Crippen LogP contribution in [0.25, 0.3) is 0 Å². The zero-order chi connectivity index (χ0) is 22.2. The second-order valence-electron chi connectivity index (χ2n) is 6.90. The second-order valence-corrected chi connectivity index (χ2v) is 6.90. The molecular formula is C24H24F2N2O3. The van der Waals surface area contributed by atoms with E-state index in [1.807, 2.05) is 12.1 Å². The van der Waals surface area contributed by atoms with Crippen molar-refractivity contribution >= 4 is 11.7 Å². The minimum Gasteiger partial charge on any atom is -0.493 e. The van der Waals surface area contributed by atoms with Crippen molar-refractivity contribution in [2.45, 2.75) is 13.0 Å². The van der Waals surface area contributed by atoms with Gasteiger partial charge in [-0.25, -0.2) is 13.6 Å². The van der Waals surface area contributed by atoms with Gasteiger partial charge in [-0.1, -0.05) is 30.3 Å². The molecule has 3 aromatic rings. The number of hydrogen-bond donors (Lipinski definition) is 1. The molecular weight excluding hydrogens is 402 g/mol. The van der Waals surface area contributed by atoms with E-state index in [9.17, 15) is 13.6 Å². The molecule has 0 fully saturated rings. The highest BCUT2D eigenvalue weighted by Gasteiger charge is 2.16. The minimum absolute atomic E-state index is 0.0997. The summed E-state index contributed by atoms with van der Waals surface area (Å²) in [6.45, 7) is 0.598. The number of amides is 2. The molecule has 0 saturated heterocycles. The van der Waals surface area contributed by atoms with E-state index in [2.05, 4.69) is 5.32 Å². The zero-order valence-electron chi connectivity index (χ0n) is 17.4. The Morgan fingerprint density at radius 3 is 2.26 bits per heavy atom. The van der Waals surface area contributed by atoms with Gasteiger partial charge in [-0.15, -0.1) is 0 Å². The molecule has 0 spiro atoms. The van der Waals surface area contributed by atoms with E-state index in [4.69, 9.17) is 9.47 Å². The van der Waals surface area contributed by atoms with Crippen molar-refractivity contribution < 1.29 is 23.0 Å². The van der Waals surface area contributed by atoms with Gasteiger partial charge in [0.15, 0.2) is 11.5 Å². The lowest BCUT2D eigenvalue weighted by atomic mass is 10.1. The minimum atomic E-state index is -0.516. The van der Waals surface area contributed by atoms with Gasteiger partial charge in [-0.2, -0.15) is 0 Å². The molecule has 0 radical (unpaired) electrons. The lowest BCUT2D eigenvalue weighted by Gasteiger charge is -2.24. The van der Waals surface area contributed by atoms with Gasteiger partial charge in [0.05, 0.1) is 19.9 Å². The number of hydrogen-bond acceptors (Lipinski definition) is 3. The van der Waals surface area contributed by atoms with Crippen LogP contribution in [0.1, 0.15) is 11.1 Å². The first-order valence-electron chi connectivity index (χ1n) is 9.76. The number of ether oxygens (including phenoxy) is 2. The number of nitrogens with zero attached hydrogens (tertiary/aromatic N) is 1. The van der Waals surface area contributed by atoms with E-state index < -0.39 is 11.8 Å². The molecule has 7 heteroatoms. The van der Waals surface area contributed by atoms with E-state index in [1.54, 1.807) is 49.5 Å². The zero-order valence-corrected chi connectivity index (χ0v) is 17.4. The summed E-state index contributed by atoms with van der Waals surface area (Å²) >= 11 is 0. The summed E-state index contributed by atoms with van der Waals surface area (Å²) in [5.74, 6) is 0.349. The predicted octanol–water partition coefficient (Wildman–Crippen LogP) is 5.26. The number of urea groups is 1. The lowest BCUT2D eigenvalue weighted by Crippen LogP contribution is -2.36. The van der Waals surface area contributed by atoms with Gasteiger partial charge < -0.3 is 19.7 Å². The molecule has 0 saturated carbocycles. The highest BCUT2D eigenvalue weighted by atomic mass is 19.1. The predicted molar refractivity (Wildman–Crippen MR) is 115 cm³/mol. The standard InChI is InChI=1S/C24H24F2N2O3/c1-30-22-12-9-17(15-23(22)31-2)13-14-28(16-18-7-10-19(25)11-8-18)24(29)27-21-6-4-3-5-20(21)26/h3-12,15H,13-14,16H2,1-2H3,(H,27,29). The lowest BCUT2D eigenvalue weighted by molar-refractivity contribution is 0.209. The maximum atomic E-state index is 14.0. The number of carbonyl (C=O) groups is 1. The first-order chi connectivity index (χ1) is 15.0. The van der Waals surface area contributed by atoms with Crippen molar-refractivity contribution in [2.24, 2.45) is 0 Å². The second kappa shape index (κ2) is 10.4. The third-order valence-corrected chi connectivity index (χ3v) is 4.81. The largest absolute Gasteiger partial charge is 0.493 e. The number of benzene rings is 3. The summed E-state index contributed by atoms with van der Waals surface area (Å²) in [5, 5.41) is 2.61. The van der Waals surface area contributed by atoms with Crippen LogP contribution >= 0.6 is 0 Å². The molecule has 0 heterocycles. The molecule has 3 aromatic carbocycles. The van der Waals surface area contributed by atoms with E-state index >= 15 is 0 Å². The molecule has 2 amide bonds. The molecule has 0 atom stereocenters. The number of anilines is 1. The van der Waals surface area contributed by atoms with Crippen molar-refractivity contribution in [1.82, 2.24) is 4.90 Å². The van der Waals surface area contributed by atoms with Crippen LogP contribution in [0.5, 0.6) is 11.5 Å². The number of halogens is 2. The van der Waals surface area contributed by atoms with Gasteiger partial charge in [0.1, 0.15) is 11.6 Å². The average molecular weight is 426 g/mol. The Morgan fingerprint density at radius 2 is 1.58 bits per heavy atom. The van der Waals surface area contributed by atoms with Crippen LogP contribution in [0.15, 0.2) is 66.7 Å². The van der Waals surface area contributed by atoms with Crippen LogP contribution in [0.4, 0.5) is 19.3 Å². The maximum absolute atomic E-state index is 14.0. The number of nitrogens with one attached hydrogen (secondary N) is 1. The van der Waals surface area contributed by atoms with Gasteiger partial charge in [-0.05, 0) is 53.9 Å². The molecule has 0 unspecified atom stereocenters. The van der Waals surface area contributed by atoms with Crippen LogP contribution in [0, 0.1) is 11.6 Å². The SMILES string of the molecule is COc1ccc(CCN(Cc2ccc(F)cc2)C(=O)Nc2ccccc2F)cc1OC. The van der Waals surface area contributed by atoms with Gasteiger partial charge in [-0.3, -0.25) is 0 Å². The van der Waals surface area contributed by atoms with Gasteiger partial charge >= 0.3 is 6.03 Å². The van der Waals surface area contributed by atoms with Crippen LogP contribution in [0.2, 0.25) is 0 Å². The van der Waals surface area contributed by atoms with Crippen LogP contribution in [0.3, 0.4) is 0 Å². The summed E-state index contributed by atoms with van der Waals surface area (Å²) in [6, 6.07) is 17.0. The molecule has 0 bridgehead atoms. The fourth-order valence-electron chi connectivity index (χ4n) is 3.12. The topological polar surface area (TPSA) is 50.8 Å². The molecule has 162 valence electrons. The molecule has 3 rings (SSSR count). The van der Waals surface area contributed by atoms with E-state index in [0.29, 0.717) is 24.5 Å². The smallest absolute Gasteiger partial charge is 0.322 e. The van der Waals surface area contributed by atoms with Crippen LogP contribution in [-0.4, -0.2) is 31.7 Å². The van der Waals surface area contributed by atoms with Crippen LogP contribution in [-0.2, 0) is 13.0 Å². The van der Waals surface area contributed by atoms with Crippen LogP contribution < -0.4 is 14.8 Å². The maximum Gasteiger partial charge on any atom is 0.322 e. The Bertz CT molecular complexity index is 1030. The molecule has 31 heavy (non-hydrogen) atoms. The third-order valence-electron chi connectivity index (χ3n) is 4.81. The normalized spacial score (nSPS) is 10.5. The molecule has 0 aromatic heterocycles. The number of para-hydroxylation sites is 1. The average Bonchev–Trinajstić information content (AvgIpc) is 2.79. The fraction of sp³-hybridized carbons (Fsp3) is 0.208. The molecule has 0 aliphatic heterocycles. The van der Waals surface area contributed by atoms with E-state index in [0.717, 1.165) is 11.1 Å². The Hall–Kier alpha value is -3.61.